The maximum Gasteiger partial charge on any atom is 0.131 e. The van der Waals surface area contributed by atoms with Crippen molar-refractivity contribution in [2.75, 3.05) is 5.32 Å². The van der Waals surface area contributed by atoms with Crippen LogP contribution in [0.1, 0.15) is 5.56 Å². The van der Waals surface area contributed by atoms with Crippen molar-refractivity contribution in [1.29, 1.82) is 0 Å². The van der Waals surface area contributed by atoms with E-state index in [9.17, 15) is 0 Å². The molecule has 2 aromatic heterocycles. The molecular weight excluding hydrogens is 272 g/mol. The van der Waals surface area contributed by atoms with Crippen LogP contribution in [0.5, 0.6) is 0 Å². The number of nitrogens with one attached hydrogen (secondary N) is 1. The first-order valence-corrected chi connectivity index (χ1v) is 6.64. The van der Waals surface area contributed by atoms with E-state index in [0.717, 1.165) is 17.1 Å². The van der Waals surface area contributed by atoms with Crippen molar-refractivity contribution >= 4 is 17.4 Å². The third-order valence-electron chi connectivity index (χ3n) is 2.85. The van der Waals surface area contributed by atoms with E-state index in [1.165, 1.54) is 0 Å². The van der Waals surface area contributed by atoms with Crippen LogP contribution in [-0.2, 0) is 6.54 Å². The molecule has 0 spiro atoms. The van der Waals surface area contributed by atoms with E-state index in [0.29, 0.717) is 11.7 Å². The quantitative estimate of drug-likeness (QED) is 0.745. The van der Waals surface area contributed by atoms with Gasteiger partial charge in [0.05, 0.1) is 11.9 Å². The van der Waals surface area contributed by atoms with Crippen LogP contribution in [0.4, 0.5) is 5.82 Å². The Morgan fingerprint density at radius 1 is 1.05 bits per heavy atom. The molecule has 0 saturated heterocycles. The number of benzene rings is 1. The summed E-state index contributed by atoms with van der Waals surface area (Å²) in [6, 6.07) is 15.5. The highest BCUT2D eigenvalue weighted by atomic mass is 35.5. The molecule has 1 N–H and O–H groups in total. The molecule has 100 valence electrons. The number of nitrogens with zero attached hydrogens (tertiary/aromatic N) is 3. The summed E-state index contributed by atoms with van der Waals surface area (Å²) in [6.45, 7) is 0.653. The van der Waals surface area contributed by atoms with Gasteiger partial charge in [-0.2, -0.15) is 5.10 Å². The number of rotatable bonds is 4. The second kappa shape index (κ2) is 5.75. The molecule has 0 bridgehead atoms. The zero-order chi connectivity index (χ0) is 13.8. The predicted molar refractivity (Wildman–Crippen MR) is 80.1 cm³/mol. The van der Waals surface area contributed by atoms with Gasteiger partial charge in [0.1, 0.15) is 11.0 Å². The molecule has 0 radical (unpaired) electrons. The lowest BCUT2D eigenvalue weighted by Gasteiger charge is -2.03. The topological polar surface area (TPSA) is 42.7 Å². The summed E-state index contributed by atoms with van der Waals surface area (Å²) >= 11 is 5.84. The molecule has 0 unspecified atom stereocenters. The number of halogens is 1. The van der Waals surface area contributed by atoms with E-state index in [4.69, 9.17) is 11.6 Å². The third-order valence-corrected chi connectivity index (χ3v) is 3.06. The number of aromatic nitrogens is 3. The van der Waals surface area contributed by atoms with E-state index < -0.39 is 0 Å². The van der Waals surface area contributed by atoms with Crippen LogP contribution < -0.4 is 5.32 Å². The lowest BCUT2D eigenvalue weighted by atomic mass is 10.3. The van der Waals surface area contributed by atoms with Crippen molar-refractivity contribution in [2.45, 2.75) is 6.54 Å². The van der Waals surface area contributed by atoms with Gasteiger partial charge in [-0.1, -0.05) is 35.9 Å². The first-order valence-electron chi connectivity index (χ1n) is 6.27. The molecule has 0 atom stereocenters. The van der Waals surface area contributed by atoms with Gasteiger partial charge < -0.3 is 5.32 Å². The number of hydrogen-bond donors (Lipinski definition) is 1. The van der Waals surface area contributed by atoms with Crippen molar-refractivity contribution in [2.24, 2.45) is 0 Å². The van der Waals surface area contributed by atoms with Gasteiger partial charge >= 0.3 is 0 Å². The molecule has 0 fully saturated rings. The molecule has 2 heterocycles. The summed E-state index contributed by atoms with van der Waals surface area (Å²) < 4.78 is 1.85. The SMILES string of the molecule is Clc1cccc(NCc2cnn(-c3ccccc3)c2)n1. The number of hydrogen-bond acceptors (Lipinski definition) is 3. The summed E-state index contributed by atoms with van der Waals surface area (Å²) in [5.74, 6) is 0.755. The van der Waals surface area contributed by atoms with Crippen molar-refractivity contribution in [3.63, 3.8) is 0 Å². The van der Waals surface area contributed by atoms with Crippen LogP contribution >= 0.6 is 11.6 Å². The van der Waals surface area contributed by atoms with Crippen molar-refractivity contribution in [3.8, 4) is 5.69 Å². The summed E-state index contributed by atoms with van der Waals surface area (Å²) in [4.78, 5) is 4.18. The molecule has 0 aliphatic carbocycles. The van der Waals surface area contributed by atoms with Crippen LogP contribution in [0.2, 0.25) is 5.15 Å². The Morgan fingerprint density at radius 2 is 1.90 bits per heavy atom. The molecule has 0 saturated carbocycles. The maximum atomic E-state index is 5.84. The Balaban J connectivity index is 1.69. The average Bonchev–Trinajstić information content (AvgIpc) is 2.95. The third kappa shape index (κ3) is 2.97. The fraction of sp³-hybridized carbons (Fsp3) is 0.0667. The average molecular weight is 285 g/mol. The van der Waals surface area contributed by atoms with Gasteiger partial charge in [0.25, 0.3) is 0 Å². The van der Waals surface area contributed by atoms with Gasteiger partial charge in [0.2, 0.25) is 0 Å². The fourth-order valence-corrected chi connectivity index (χ4v) is 2.04. The Bertz CT molecular complexity index is 694. The Kier molecular flexibility index (Phi) is 3.65. The largest absolute Gasteiger partial charge is 0.366 e. The van der Waals surface area contributed by atoms with Crippen LogP contribution in [0.3, 0.4) is 0 Å². The second-order valence-corrected chi connectivity index (χ2v) is 4.72. The highest BCUT2D eigenvalue weighted by Gasteiger charge is 2.01. The zero-order valence-electron chi connectivity index (χ0n) is 10.7. The minimum absolute atomic E-state index is 0.481. The molecule has 0 aliphatic heterocycles. The molecule has 5 heteroatoms. The lowest BCUT2D eigenvalue weighted by molar-refractivity contribution is 0.880. The smallest absolute Gasteiger partial charge is 0.131 e. The Hall–Kier alpha value is -2.33. The number of pyridine rings is 1. The van der Waals surface area contributed by atoms with E-state index >= 15 is 0 Å². The molecule has 3 rings (SSSR count). The van der Waals surface area contributed by atoms with Gasteiger partial charge in [0, 0.05) is 18.3 Å². The van der Waals surface area contributed by atoms with Gasteiger partial charge in [0.15, 0.2) is 0 Å². The van der Waals surface area contributed by atoms with E-state index in [-0.39, 0.29) is 0 Å². The Labute approximate surface area is 122 Å². The lowest BCUT2D eigenvalue weighted by Crippen LogP contribution is -2.00. The highest BCUT2D eigenvalue weighted by molar-refractivity contribution is 6.29. The molecular formula is C15H13ClN4. The van der Waals surface area contributed by atoms with Gasteiger partial charge in [-0.25, -0.2) is 9.67 Å². The molecule has 1 aromatic carbocycles. The Morgan fingerprint density at radius 3 is 2.70 bits per heavy atom. The monoisotopic (exact) mass is 284 g/mol. The van der Waals surface area contributed by atoms with E-state index in [1.807, 2.05) is 59.5 Å². The van der Waals surface area contributed by atoms with Crippen molar-refractivity contribution in [1.82, 2.24) is 14.8 Å². The molecule has 3 aromatic rings. The fourth-order valence-electron chi connectivity index (χ4n) is 1.87. The first kappa shape index (κ1) is 12.7. The predicted octanol–water partition coefficient (Wildman–Crippen LogP) is 3.53. The van der Waals surface area contributed by atoms with Crippen LogP contribution in [0.25, 0.3) is 5.69 Å². The summed E-state index contributed by atoms with van der Waals surface area (Å²) in [5.41, 5.74) is 2.12. The molecule has 20 heavy (non-hydrogen) atoms. The minimum atomic E-state index is 0.481. The maximum absolute atomic E-state index is 5.84. The highest BCUT2D eigenvalue weighted by Crippen LogP contribution is 2.12. The van der Waals surface area contributed by atoms with Gasteiger partial charge in [-0.3, -0.25) is 0 Å². The number of anilines is 1. The van der Waals surface area contributed by atoms with Crippen LogP contribution in [0.15, 0.2) is 60.9 Å². The van der Waals surface area contributed by atoms with Crippen molar-refractivity contribution in [3.05, 3.63) is 71.6 Å². The molecule has 0 aliphatic rings. The molecule has 4 nitrogen and oxygen atoms in total. The van der Waals surface area contributed by atoms with E-state index in [1.54, 1.807) is 6.07 Å². The van der Waals surface area contributed by atoms with Gasteiger partial charge in [-0.15, -0.1) is 0 Å². The summed E-state index contributed by atoms with van der Waals surface area (Å²) in [6.07, 6.45) is 3.83. The standard InChI is InChI=1S/C15H13ClN4/c16-14-7-4-8-15(19-14)17-9-12-10-18-20(11-12)13-5-2-1-3-6-13/h1-8,10-11H,9H2,(H,17,19). The van der Waals surface area contributed by atoms with E-state index in [2.05, 4.69) is 15.4 Å². The zero-order valence-corrected chi connectivity index (χ0v) is 11.5. The van der Waals surface area contributed by atoms with Crippen molar-refractivity contribution < 1.29 is 0 Å². The number of para-hydroxylation sites is 1. The van der Waals surface area contributed by atoms with Crippen LogP contribution in [-0.4, -0.2) is 14.8 Å². The summed E-state index contributed by atoms with van der Waals surface area (Å²) in [7, 11) is 0. The summed E-state index contributed by atoms with van der Waals surface area (Å²) in [5, 5.41) is 8.05. The van der Waals surface area contributed by atoms with Gasteiger partial charge in [-0.05, 0) is 24.3 Å². The molecule has 0 amide bonds. The normalized spacial score (nSPS) is 10.4. The first-order chi connectivity index (χ1) is 9.81. The minimum Gasteiger partial charge on any atom is -0.366 e. The van der Waals surface area contributed by atoms with Crippen LogP contribution in [0, 0.1) is 0 Å². The second-order valence-electron chi connectivity index (χ2n) is 4.33.